The Balaban J connectivity index is 1.65. The monoisotopic (exact) mass is 295 g/mol. The van der Waals surface area contributed by atoms with Gasteiger partial charge in [-0.2, -0.15) is 0 Å². The molecule has 0 unspecified atom stereocenters. The Bertz CT molecular complexity index is 639. The quantitative estimate of drug-likeness (QED) is 0.895. The first kappa shape index (κ1) is 14.8. The van der Waals surface area contributed by atoms with E-state index in [1.54, 1.807) is 0 Å². The maximum Gasteiger partial charge on any atom is 0.282 e. The number of quaternary nitrogens is 1. The maximum atomic E-state index is 12.4. The number of hydrogen-bond donors (Lipinski definition) is 2. The number of carbonyl (C=O) groups is 1. The van der Waals surface area contributed by atoms with Gasteiger partial charge in [0.25, 0.3) is 5.91 Å². The smallest absolute Gasteiger partial charge is 0.282 e. The lowest BCUT2D eigenvalue weighted by Gasteiger charge is -2.26. The minimum Gasteiger partial charge on any atom is -0.330 e. The third-order valence-corrected chi connectivity index (χ3v) is 4.39. The van der Waals surface area contributed by atoms with E-state index in [9.17, 15) is 4.79 Å². The highest BCUT2D eigenvalue weighted by atomic mass is 16.2. The van der Waals surface area contributed by atoms with E-state index in [-0.39, 0.29) is 11.9 Å². The van der Waals surface area contributed by atoms with Crippen molar-refractivity contribution in [2.24, 2.45) is 0 Å². The summed E-state index contributed by atoms with van der Waals surface area (Å²) in [5.74, 6) is 0.0641. The zero-order valence-corrected chi connectivity index (χ0v) is 13.0. The molecule has 0 bridgehead atoms. The highest BCUT2D eigenvalue weighted by Crippen LogP contribution is 2.26. The Morgan fingerprint density at radius 1 is 1.14 bits per heavy atom. The molecular weight excluding hydrogens is 272 g/mol. The second-order valence-electron chi connectivity index (χ2n) is 6.03. The van der Waals surface area contributed by atoms with Gasteiger partial charge in [0, 0.05) is 17.7 Å². The van der Waals surface area contributed by atoms with Gasteiger partial charge < -0.3 is 10.6 Å². The fourth-order valence-electron chi connectivity index (χ4n) is 3.20. The third kappa shape index (κ3) is 3.37. The average molecular weight is 295 g/mol. The topological polar surface area (TPSA) is 45.7 Å². The molecule has 3 nitrogen and oxygen atoms in total. The summed E-state index contributed by atoms with van der Waals surface area (Å²) in [6.07, 6.45) is 3.50. The van der Waals surface area contributed by atoms with Gasteiger partial charge in [0.1, 0.15) is 6.04 Å². The minimum atomic E-state index is -0.101. The molecule has 0 saturated carbocycles. The van der Waals surface area contributed by atoms with Crippen LogP contribution in [0.15, 0.2) is 54.6 Å². The largest absolute Gasteiger partial charge is 0.330 e. The number of anilines is 1. The van der Waals surface area contributed by atoms with E-state index in [1.807, 2.05) is 37.3 Å². The first-order valence-electron chi connectivity index (χ1n) is 8.03. The molecule has 1 aliphatic carbocycles. The van der Waals surface area contributed by atoms with Crippen LogP contribution in [0, 0.1) is 0 Å². The Kier molecular flexibility index (Phi) is 4.54. The summed E-state index contributed by atoms with van der Waals surface area (Å²) in [4.78, 5) is 12.4. The van der Waals surface area contributed by atoms with E-state index in [1.165, 1.54) is 17.5 Å². The second-order valence-corrected chi connectivity index (χ2v) is 6.03. The average Bonchev–Trinajstić information content (AvgIpc) is 2.56. The number of carbonyl (C=O) groups excluding carboxylic acids is 1. The number of amides is 1. The summed E-state index contributed by atoms with van der Waals surface area (Å²) in [5.41, 5.74) is 3.69. The first-order chi connectivity index (χ1) is 10.7. The maximum absolute atomic E-state index is 12.4. The molecule has 0 spiro atoms. The van der Waals surface area contributed by atoms with Gasteiger partial charge in [-0.05, 0) is 37.5 Å². The van der Waals surface area contributed by atoms with Crippen LogP contribution in [0.3, 0.4) is 0 Å². The lowest BCUT2D eigenvalue weighted by Crippen LogP contribution is -2.92. The van der Waals surface area contributed by atoms with E-state index < -0.39 is 0 Å². The molecule has 2 aromatic carbocycles. The Morgan fingerprint density at radius 2 is 1.86 bits per heavy atom. The van der Waals surface area contributed by atoms with Crippen LogP contribution in [-0.2, 0) is 11.2 Å². The van der Waals surface area contributed by atoms with E-state index >= 15 is 0 Å². The molecule has 2 aromatic rings. The zero-order valence-electron chi connectivity index (χ0n) is 13.0. The molecule has 2 atom stereocenters. The molecule has 3 N–H and O–H groups in total. The first-order valence-corrected chi connectivity index (χ1v) is 8.03. The summed E-state index contributed by atoms with van der Waals surface area (Å²) in [7, 11) is 0. The highest BCUT2D eigenvalue weighted by Gasteiger charge is 2.27. The fraction of sp³-hybridized carbons (Fsp3) is 0.316. The van der Waals surface area contributed by atoms with E-state index in [0.717, 1.165) is 18.5 Å². The predicted molar refractivity (Wildman–Crippen MR) is 88.6 cm³/mol. The van der Waals surface area contributed by atoms with Crippen molar-refractivity contribution >= 4 is 11.6 Å². The van der Waals surface area contributed by atoms with Crippen molar-refractivity contribution < 1.29 is 10.1 Å². The molecule has 1 amide bonds. The van der Waals surface area contributed by atoms with E-state index in [0.29, 0.717) is 6.04 Å². The molecule has 3 heteroatoms. The standard InChI is InChI=1S/C19H22N2O/c1-14(19(22)21-16-10-3-2-4-11-16)20-18-13-7-9-15-8-5-6-12-17(15)18/h2-6,8,10-12,14,18,20H,7,9,13H2,1H3,(H,21,22)/p+1/t14-,18-/m0/s1. The molecule has 1 aliphatic rings. The molecule has 22 heavy (non-hydrogen) atoms. The van der Waals surface area contributed by atoms with Crippen LogP contribution in [0.1, 0.15) is 36.9 Å². The van der Waals surface area contributed by atoms with Crippen molar-refractivity contribution in [3.05, 3.63) is 65.7 Å². The Hall–Kier alpha value is -2.13. The predicted octanol–water partition coefficient (Wildman–Crippen LogP) is 2.65. The van der Waals surface area contributed by atoms with Crippen molar-refractivity contribution in [2.75, 3.05) is 5.32 Å². The van der Waals surface area contributed by atoms with Crippen LogP contribution in [0.25, 0.3) is 0 Å². The lowest BCUT2D eigenvalue weighted by molar-refractivity contribution is -0.714. The SMILES string of the molecule is C[C@H]([NH2+][C@H]1CCCc2ccccc21)C(=O)Nc1ccccc1. The number of fused-ring (bicyclic) bond motifs is 1. The van der Waals surface area contributed by atoms with Crippen LogP contribution in [0.5, 0.6) is 0 Å². The highest BCUT2D eigenvalue weighted by molar-refractivity contribution is 5.93. The van der Waals surface area contributed by atoms with E-state index in [2.05, 4.69) is 34.9 Å². The molecule has 0 aliphatic heterocycles. The van der Waals surface area contributed by atoms with Crippen molar-refractivity contribution in [3.8, 4) is 0 Å². The van der Waals surface area contributed by atoms with Crippen LogP contribution in [-0.4, -0.2) is 11.9 Å². The van der Waals surface area contributed by atoms with Gasteiger partial charge in [0.15, 0.2) is 6.04 Å². The summed E-state index contributed by atoms with van der Waals surface area (Å²) < 4.78 is 0. The van der Waals surface area contributed by atoms with Crippen LogP contribution in [0.2, 0.25) is 0 Å². The molecular formula is C19H23N2O+. The number of para-hydroxylation sites is 1. The summed E-state index contributed by atoms with van der Waals surface area (Å²) >= 11 is 0. The minimum absolute atomic E-state index is 0.0641. The van der Waals surface area contributed by atoms with E-state index in [4.69, 9.17) is 0 Å². The molecule has 114 valence electrons. The van der Waals surface area contributed by atoms with Crippen molar-refractivity contribution in [2.45, 2.75) is 38.3 Å². The number of nitrogens with two attached hydrogens (primary N) is 1. The molecule has 0 radical (unpaired) electrons. The van der Waals surface area contributed by atoms with Gasteiger partial charge in [-0.3, -0.25) is 4.79 Å². The molecule has 0 heterocycles. The Morgan fingerprint density at radius 3 is 2.68 bits per heavy atom. The molecule has 0 aromatic heterocycles. The summed E-state index contributed by atoms with van der Waals surface area (Å²) in [6.45, 7) is 1.98. The van der Waals surface area contributed by atoms with Crippen LogP contribution < -0.4 is 10.6 Å². The number of benzene rings is 2. The van der Waals surface area contributed by atoms with Gasteiger partial charge in [-0.15, -0.1) is 0 Å². The fourth-order valence-corrected chi connectivity index (χ4v) is 3.20. The van der Waals surface area contributed by atoms with Crippen molar-refractivity contribution in [1.82, 2.24) is 0 Å². The zero-order chi connectivity index (χ0) is 15.4. The molecule has 3 rings (SSSR count). The normalized spacial score (nSPS) is 18.3. The van der Waals surface area contributed by atoms with Gasteiger partial charge >= 0.3 is 0 Å². The number of hydrogen-bond acceptors (Lipinski definition) is 1. The van der Waals surface area contributed by atoms with Gasteiger partial charge in [0.05, 0.1) is 0 Å². The number of rotatable bonds is 4. The number of aryl methyl sites for hydroxylation is 1. The van der Waals surface area contributed by atoms with Crippen molar-refractivity contribution in [3.63, 3.8) is 0 Å². The third-order valence-electron chi connectivity index (χ3n) is 4.39. The van der Waals surface area contributed by atoms with Gasteiger partial charge in [0.2, 0.25) is 0 Å². The summed E-state index contributed by atoms with van der Waals surface area (Å²) in [5, 5.41) is 5.19. The van der Waals surface area contributed by atoms with Crippen LogP contribution >= 0.6 is 0 Å². The van der Waals surface area contributed by atoms with Crippen LogP contribution in [0.4, 0.5) is 5.69 Å². The second kappa shape index (κ2) is 6.75. The van der Waals surface area contributed by atoms with Gasteiger partial charge in [-0.25, -0.2) is 0 Å². The molecule has 0 saturated heterocycles. The summed E-state index contributed by atoms with van der Waals surface area (Å²) in [6, 6.07) is 18.6. The Labute approximate surface area is 131 Å². The van der Waals surface area contributed by atoms with Crippen molar-refractivity contribution in [1.29, 1.82) is 0 Å². The molecule has 0 fully saturated rings. The van der Waals surface area contributed by atoms with Gasteiger partial charge in [-0.1, -0.05) is 42.5 Å². The lowest BCUT2D eigenvalue weighted by atomic mass is 9.87. The number of nitrogens with one attached hydrogen (secondary N) is 1.